The summed E-state index contributed by atoms with van der Waals surface area (Å²) in [6.45, 7) is 0. The lowest BCUT2D eigenvalue weighted by atomic mass is 10.3. The lowest BCUT2D eigenvalue weighted by Crippen LogP contribution is -1.96. The van der Waals surface area contributed by atoms with Gasteiger partial charge in [0, 0.05) is 6.07 Å². The Kier molecular flexibility index (Phi) is 1.62. The average molecular weight is 139 g/mol. The molecule has 1 aromatic rings. The molecule has 0 bridgehead atoms. The third kappa shape index (κ3) is 1.10. The van der Waals surface area contributed by atoms with Gasteiger partial charge in [-0.05, 0) is 0 Å². The molecule has 0 unspecified atom stereocenters. The van der Waals surface area contributed by atoms with Crippen LogP contribution in [0.5, 0.6) is 5.88 Å². The van der Waals surface area contributed by atoms with Gasteiger partial charge in [-0.3, -0.25) is 0 Å². The SMILES string of the molecule is COc1cc(N)c(N)cn1. The maximum absolute atomic E-state index is 5.45. The van der Waals surface area contributed by atoms with Crippen LogP contribution in [-0.2, 0) is 0 Å². The standard InChI is InChI=1S/C6H9N3O/c1-10-6-2-4(7)5(8)3-9-6/h2-3H,8H2,1H3,(H2,7,9). The van der Waals surface area contributed by atoms with E-state index in [9.17, 15) is 0 Å². The van der Waals surface area contributed by atoms with Crippen LogP contribution in [0, 0.1) is 0 Å². The van der Waals surface area contributed by atoms with E-state index in [1.54, 1.807) is 6.07 Å². The van der Waals surface area contributed by atoms with E-state index in [1.807, 2.05) is 0 Å². The van der Waals surface area contributed by atoms with Crippen LogP contribution in [0.3, 0.4) is 0 Å². The topological polar surface area (TPSA) is 74.2 Å². The van der Waals surface area contributed by atoms with Crippen molar-refractivity contribution in [3.8, 4) is 5.88 Å². The quantitative estimate of drug-likeness (QED) is 0.585. The highest BCUT2D eigenvalue weighted by Crippen LogP contribution is 2.17. The Labute approximate surface area is 58.8 Å². The predicted molar refractivity (Wildman–Crippen MR) is 39.6 cm³/mol. The fourth-order valence-electron chi connectivity index (χ4n) is 0.573. The van der Waals surface area contributed by atoms with Crippen molar-refractivity contribution in [3.05, 3.63) is 12.3 Å². The van der Waals surface area contributed by atoms with E-state index in [0.717, 1.165) is 0 Å². The molecule has 54 valence electrons. The average Bonchev–Trinajstić information content (AvgIpc) is 1.95. The normalized spacial score (nSPS) is 9.30. The van der Waals surface area contributed by atoms with Crippen LogP contribution in [0.2, 0.25) is 0 Å². The van der Waals surface area contributed by atoms with E-state index in [-0.39, 0.29) is 0 Å². The molecule has 4 N–H and O–H groups in total. The van der Waals surface area contributed by atoms with Gasteiger partial charge in [-0.2, -0.15) is 0 Å². The second-order valence-electron chi connectivity index (χ2n) is 1.86. The fraction of sp³-hybridized carbons (Fsp3) is 0.167. The molecule has 1 heterocycles. The second-order valence-corrected chi connectivity index (χ2v) is 1.86. The maximum Gasteiger partial charge on any atom is 0.215 e. The monoisotopic (exact) mass is 139 g/mol. The van der Waals surface area contributed by atoms with Crippen molar-refractivity contribution < 1.29 is 4.74 Å². The molecule has 10 heavy (non-hydrogen) atoms. The van der Waals surface area contributed by atoms with E-state index in [1.165, 1.54) is 13.3 Å². The largest absolute Gasteiger partial charge is 0.481 e. The van der Waals surface area contributed by atoms with Gasteiger partial charge in [0.2, 0.25) is 5.88 Å². The highest BCUT2D eigenvalue weighted by molar-refractivity contribution is 5.62. The Balaban J connectivity index is 3.04. The summed E-state index contributed by atoms with van der Waals surface area (Å²) in [6.07, 6.45) is 1.47. The van der Waals surface area contributed by atoms with Crippen molar-refractivity contribution in [1.82, 2.24) is 4.98 Å². The lowest BCUT2D eigenvalue weighted by Gasteiger charge is -2.00. The van der Waals surface area contributed by atoms with Gasteiger partial charge in [0.15, 0.2) is 0 Å². The number of rotatable bonds is 1. The second kappa shape index (κ2) is 2.43. The van der Waals surface area contributed by atoms with Gasteiger partial charge in [-0.15, -0.1) is 0 Å². The molecule has 0 fully saturated rings. The lowest BCUT2D eigenvalue weighted by molar-refractivity contribution is 0.398. The van der Waals surface area contributed by atoms with Crippen molar-refractivity contribution >= 4 is 11.4 Å². The zero-order chi connectivity index (χ0) is 7.56. The Hall–Kier alpha value is -1.45. The van der Waals surface area contributed by atoms with E-state index in [2.05, 4.69) is 4.98 Å². The number of nitrogens with two attached hydrogens (primary N) is 2. The van der Waals surface area contributed by atoms with E-state index in [4.69, 9.17) is 16.2 Å². The molecule has 0 aliphatic carbocycles. The van der Waals surface area contributed by atoms with Crippen LogP contribution in [0.4, 0.5) is 11.4 Å². The first-order chi connectivity index (χ1) is 4.74. The zero-order valence-corrected chi connectivity index (χ0v) is 5.66. The molecule has 0 aliphatic rings. The summed E-state index contributed by atoms with van der Waals surface area (Å²) in [5.74, 6) is 0.478. The molecule has 0 atom stereocenters. The number of ether oxygens (including phenoxy) is 1. The summed E-state index contributed by atoms with van der Waals surface area (Å²) in [5, 5.41) is 0. The van der Waals surface area contributed by atoms with E-state index in [0.29, 0.717) is 17.3 Å². The van der Waals surface area contributed by atoms with Crippen LogP contribution in [0.25, 0.3) is 0 Å². The van der Waals surface area contributed by atoms with Crippen LogP contribution < -0.4 is 16.2 Å². The summed E-state index contributed by atoms with van der Waals surface area (Å²) in [4.78, 5) is 3.83. The molecular formula is C6H9N3O. The predicted octanol–water partition coefficient (Wildman–Crippen LogP) is 0.255. The van der Waals surface area contributed by atoms with Crippen LogP contribution in [-0.4, -0.2) is 12.1 Å². The van der Waals surface area contributed by atoms with Gasteiger partial charge in [0.05, 0.1) is 24.7 Å². The molecule has 0 radical (unpaired) electrons. The first-order valence-electron chi connectivity index (χ1n) is 2.79. The summed E-state index contributed by atoms with van der Waals surface area (Å²) in [6, 6.07) is 1.58. The Bertz CT molecular complexity index is 236. The van der Waals surface area contributed by atoms with Gasteiger partial charge in [-0.25, -0.2) is 4.98 Å². The third-order valence-electron chi connectivity index (χ3n) is 1.15. The van der Waals surface area contributed by atoms with Crippen molar-refractivity contribution in [2.24, 2.45) is 0 Å². The number of nitrogens with zero attached hydrogens (tertiary/aromatic N) is 1. The molecule has 0 amide bonds. The zero-order valence-electron chi connectivity index (χ0n) is 5.66. The number of aromatic nitrogens is 1. The maximum atomic E-state index is 5.45. The first kappa shape index (κ1) is 6.67. The van der Waals surface area contributed by atoms with Crippen LogP contribution in [0.15, 0.2) is 12.3 Å². The van der Waals surface area contributed by atoms with Crippen LogP contribution >= 0.6 is 0 Å². The minimum atomic E-state index is 0.473. The minimum absolute atomic E-state index is 0.473. The third-order valence-corrected chi connectivity index (χ3v) is 1.15. The Morgan fingerprint density at radius 2 is 2.10 bits per heavy atom. The number of hydrogen-bond acceptors (Lipinski definition) is 4. The molecule has 1 rings (SSSR count). The summed E-state index contributed by atoms with van der Waals surface area (Å²) < 4.78 is 4.80. The van der Waals surface area contributed by atoms with Crippen LogP contribution in [0.1, 0.15) is 0 Å². The summed E-state index contributed by atoms with van der Waals surface area (Å²) >= 11 is 0. The number of anilines is 2. The van der Waals surface area contributed by atoms with Gasteiger partial charge in [0.25, 0.3) is 0 Å². The van der Waals surface area contributed by atoms with Gasteiger partial charge < -0.3 is 16.2 Å². The molecule has 0 aliphatic heterocycles. The number of methoxy groups -OCH3 is 1. The highest BCUT2D eigenvalue weighted by Gasteiger charge is 1.96. The van der Waals surface area contributed by atoms with E-state index < -0.39 is 0 Å². The van der Waals surface area contributed by atoms with Crippen molar-refractivity contribution in [3.63, 3.8) is 0 Å². The molecular weight excluding hydrogens is 130 g/mol. The Morgan fingerprint density at radius 1 is 1.40 bits per heavy atom. The van der Waals surface area contributed by atoms with E-state index >= 15 is 0 Å². The summed E-state index contributed by atoms with van der Waals surface area (Å²) in [7, 11) is 1.53. The molecule has 0 spiro atoms. The molecule has 4 nitrogen and oxygen atoms in total. The molecule has 0 saturated heterocycles. The number of hydrogen-bond donors (Lipinski definition) is 2. The minimum Gasteiger partial charge on any atom is -0.481 e. The molecule has 0 saturated carbocycles. The molecule has 0 aromatic carbocycles. The number of nitrogen functional groups attached to an aromatic ring is 2. The molecule has 1 aromatic heterocycles. The van der Waals surface area contributed by atoms with Gasteiger partial charge in [-0.1, -0.05) is 0 Å². The summed E-state index contributed by atoms with van der Waals surface area (Å²) in [5.41, 5.74) is 11.8. The van der Waals surface area contributed by atoms with Gasteiger partial charge >= 0.3 is 0 Å². The highest BCUT2D eigenvalue weighted by atomic mass is 16.5. The van der Waals surface area contributed by atoms with Gasteiger partial charge in [0.1, 0.15) is 0 Å². The Morgan fingerprint density at radius 3 is 2.60 bits per heavy atom. The smallest absolute Gasteiger partial charge is 0.215 e. The molecule has 4 heteroatoms. The van der Waals surface area contributed by atoms with Crippen molar-refractivity contribution in [2.75, 3.05) is 18.6 Å². The fourth-order valence-corrected chi connectivity index (χ4v) is 0.573. The number of pyridine rings is 1. The van der Waals surface area contributed by atoms with Crippen molar-refractivity contribution in [1.29, 1.82) is 0 Å². The first-order valence-corrected chi connectivity index (χ1v) is 2.79. The van der Waals surface area contributed by atoms with Crippen molar-refractivity contribution in [2.45, 2.75) is 0 Å².